The van der Waals surface area contributed by atoms with Gasteiger partial charge < -0.3 is 15.2 Å². The van der Waals surface area contributed by atoms with Gasteiger partial charge in [0.2, 0.25) is 0 Å². The Kier molecular flexibility index (Phi) is 4.38. The van der Waals surface area contributed by atoms with Gasteiger partial charge in [-0.3, -0.25) is 0 Å². The third-order valence-corrected chi connectivity index (χ3v) is 3.53. The normalized spacial score (nSPS) is 13.3. The highest BCUT2D eigenvalue weighted by atomic mass is 35.5. The summed E-state index contributed by atoms with van der Waals surface area (Å²) in [6.45, 7) is 1.60. The maximum absolute atomic E-state index is 11.8. The Hall–Kier alpha value is -2.20. The van der Waals surface area contributed by atoms with Crippen LogP contribution in [0.4, 0.5) is 5.69 Å². The highest BCUT2D eigenvalue weighted by molar-refractivity contribution is 6.30. The summed E-state index contributed by atoms with van der Waals surface area (Å²) >= 11 is 5.94. The number of carboxylic acid groups (broad SMARTS) is 1. The van der Waals surface area contributed by atoms with E-state index in [9.17, 15) is 9.90 Å². The molecule has 0 aliphatic heterocycles. The van der Waals surface area contributed by atoms with Gasteiger partial charge in [-0.15, -0.1) is 0 Å². The van der Waals surface area contributed by atoms with Crippen LogP contribution in [-0.4, -0.2) is 18.2 Å². The van der Waals surface area contributed by atoms with Crippen LogP contribution >= 0.6 is 11.6 Å². The van der Waals surface area contributed by atoms with Crippen molar-refractivity contribution in [1.82, 2.24) is 0 Å². The molecule has 110 valence electrons. The molecule has 0 aromatic heterocycles. The molecule has 0 fully saturated rings. The van der Waals surface area contributed by atoms with Crippen LogP contribution < -0.4 is 10.1 Å². The number of hydrogen-bond acceptors (Lipinski definition) is 3. The second-order valence-corrected chi connectivity index (χ2v) is 5.23. The zero-order valence-corrected chi connectivity index (χ0v) is 12.5. The molecule has 0 radical (unpaired) electrons. The minimum atomic E-state index is -1.29. The molecule has 1 atom stereocenters. The fourth-order valence-electron chi connectivity index (χ4n) is 2.04. The van der Waals surface area contributed by atoms with E-state index in [2.05, 4.69) is 5.32 Å². The zero-order valence-electron chi connectivity index (χ0n) is 11.8. The maximum Gasteiger partial charge on any atom is 0.333 e. The Labute approximate surface area is 128 Å². The second-order valence-electron chi connectivity index (χ2n) is 4.80. The molecule has 2 aromatic carbocycles. The van der Waals surface area contributed by atoms with E-state index in [1.54, 1.807) is 62.6 Å². The Balaban J connectivity index is 2.42. The minimum Gasteiger partial charge on any atom is -0.497 e. The average molecular weight is 306 g/mol. The van der Waals surface area contributed by atoms with E-state index < -0.39 is 11.5 Å². The van der Waals surface area contributed by atoms with Crippen molar-refractivity contribution >= 4 is 23.3 Å². The van der Waals surface area contributed by atoms with Crippen LogP contribution in [0, 0.1) is 0 Å². The smallest absolute Gasteiger partial charge is 0.333 e. The molecule has 0 saturated heterocycles. The summed E-state index contributed by atoms with van der Waals surface area (Å²) in [6, 6.07) is 13.9. The van der Waals surface area contributed by atoms with Crippen LogP contribution in [0.2, 0.25) is 5.02 Å². The lowest BCUT2D eigenvalue weighted by Gasteiger charge is -2.28. The lowest BCUT2D eigenvalue weighted by Crippen LogP contribution is -2.40. The van der Waals surface area contributed by atoms with Crippen LogP contribution in [0.3, 0.4) is 0 Å². The van der Waals surface area contributed by atoms with E-state index in [0.717, 1.165) is 0 Å². The van der Waals surface area contributed by atoms with Crippen LogP contribution in [0.1, 0.15) is 12.5 Å². The Bertz CT molecular complexity index is 659. The first-order valence-corrected chi connectivity index (χ1v) is 6.75. The van der Waals surface area contributed by atoms with Crippen molar-refractivity contribution in [2.45, 2.75) is 12.5 Å². The molecule has 21 heavy (non-hydrogen) atoms. The molecule has 0 amide bonds. The summed E-state index contributed by atoms with van der Waals surface area (Å²) < 4.78 is 5.16. The summed E-state index contributed by atoms with van der Waals surface area (Å²) in [5, 5.41) is 13.2. The van der Waals surface area contributed by atoms with Gasteiger partial charge in [0.05, 0.1) is 7.11 Å². The molecule has 2 N–H and O–H groups in total. The second kappa shape index (κ2) is 6.06. The van der Waals surface area contributed by atoms with Gasteiger partial charge in [-0.2, -0.15) is 0 Å². The molecule has 2 aromatic rings. The number of nitrogens with one attached hydrogen (secondary N) is 1. The number of methoxy groups -OCH3 is 1. The van der Waals surface area contributed by atoms with Crippen LogP contribution in [-0.2, 0) is 10.3 Å². The van der Waals surface area contributed by atoms with E-state index in [1.165, 1.54) is 0 Å². The van der Waals surface area contributed by atoms with Crippen molar-refractivity contribution in [3.8, 4) is 5.75 Å². The number of hydrogen-bond donors (Lipinski definition) is 2. The van der Waals surface area contributed by atoms with Crippen molar-refractivity contribution in [1.29, 1.82) is 0 Å². The molecular formula is C16H16ClNO3. The van der Waals surface area contributed by atoms with Gasteiger partial charge in [0, 0.05) is 10.7 Å². The molecule has 1 unspecified atom stereocenters. The fourth-order valence-corrected chi connectivity index (χ4v) is 2.23. The van der Waals surface area contributed by atoms with Gasteiger partial charge in [0.25, 0.3) is 0 Å². The third-order valence-electron chi connectivity index (χ3n) is 3.29. The number of rotatable bonds is 5. The summed E-state index contributed by atoms with van der Waals surface area (Å²) in [5.41, 5.74) is -0.0660. The largest absolute Gasteiger partial charge is 0.497 e. The SMILES string of the molecule is COc1cccc(C(C)(Nc2cccc(Cl)c2)C(=O)O)c1. The van der Waals surface area contributed by atoms with Crippen molar-refractivity contribution in [3.05, 3.63) is 59.1 Å². The van der Waals surface area contributed by atoms with Crippen LogP contribution in [0.25, 0.3) is 0 Å². The van der Waals surface area contributed by atoms with Crippen molar-refractivity contribution in [2.75, 3.05) is 12.4 Å². The molecule has 0 spiro atoms. The summed E-state index contributed by atoms with van der Waals surface area (Å²) in [5.74, 6) is -0.386. The van der Waals surface area contributed by atoms with E-state index in [4.69, 9.17) is 16.3 Å². The van der Waals surface area contributed by atoms with Crippen molar-refractivity contribution in [3.63, 3.8) is 0 Å². The number of aliphatic carboxylic acids is 1. The van der Waals surface area contributed by atoms with Gasteiger partial charge in [-0.25, -0.2) is 4.79 Å². The molecule has 0 aliphatic carbocycles. The fraction of sp³-hybridized carbons (Fsp3) is 0.188. The van der Waals surface area contributed by atoms with Crippen LogP contribution in [0.15, 0.2) is 48.5 Å². The third kappa shape index (κ3) is 3.28. The highest BCUT2D eigenvalue weighted by Crippen LogP contribution is 2.30. The number of anilines is 1. The van der Waals surface area contributed by atoms with E-state index in [0.29, 0.717) is 22.0 Å². The zero-order chi connectivity index (χ0) is 15.5. The van der Waals surface area contributed by atoms with Gasteiger partial charge in [0.15, 0.2) is 5.54 Å². The van der Waals surface area contributed by atoms with Crippen molar-refractivity contribution in [2.24, 2.45) is 0 Å². The first-order valence-electron chi connectivity index (χ1n) is 6.37. The number of halogens is 1. The molecule has 0 saturated carbocycles. The van der Waals surface area contributed by atoms with E-state index in [1.807, 2.05) is 0 Å². The first kappa shape index (κ1) is 15.2. The summed E-state index contributed by atoms with van der Waals surface area (Å²) in [6.07, 6.45) is 0. The molecular weight excluding hydrogens is 290 g/mol. The van der Waals surface area contributed by atoms with E-state index in [-0.39, 0.29) is 0 Å². The lowest BCUT2D eigenvalue weighted by molar-refractivity contribution is -0.142. The molecule has 0 bridgehead atoms. The number of benzene rings is 2. The quantitative estimate of drug-likeness (QED) is 0.883. The Morgan fingerprint density at radius 2 is 1.95 bits per heavy atom. The van der Waals surface area contributed by atoms with Gasteiger partial charge in [0.1, 0.15) is 5.75 Å². The molecule has 4 nitrogen and oxygen atoms in total. The standard InChI is InChI=1S/C16H16ClNO3/c1-16(15(19)20,11-5-3-8-14(9-11)21-2)18-13-7-4-6-12(17)10-13/h3-10,18H,1-2H3,(H,19,20). The minimum absolute atomic E-state index is 0.540. The van der Waals surface area contributed by atoms with Crippen molar-refractivity contribution < 1.29 is 14.6 Å². The molecule has 2 rings (SSSR count). The maximum atomic E-state index is 11.8. The molecule has 5 heteroatoms. The van der Waals surface area contributed by atoms with E-state index >= 15 is 0 Å². The highest BCUT2D eigenvalue weighted by Gasteiger charge is 2.35. The Morgan fingerprint density at radius 3 is 2.57 bits per heavy atom. The topological polar surface area (TPSA) is 58.6 Å². The summed E-state index contributed by atoms with van der Waals surface area (Å²) in [4.78, 5) is 11.8. The first-order chi connectivity index (χ1) is 9.95. The number of carbonyl (C=O) groups is 1. The predicted octanol–water partition coefficient (Wildman–Crippen LogP) is 3.76. The van der Waals surface area contributed by atoms with Crippen LogP contribution in [0.5, 0.6) is 5.75 Å². The molecule has 0 aliphatic rings. The van der Waals surface area contributed by atoms with Gasteiger partial charge in [-0.1, -0.05) is 29.8 Å². The van der Waals surface area contributed by atoms with Gasteiger partial charge in [-0.05, 0) is 42.8 Å². The summed E-state index contributed by atoms with van der Waals surface area (Å²) in [7, 11) is 1.54. The average Bonchev–Trinajstić information content (AvgIpc) is 2.47. The number of carboxylic acids is 1. The predicted molar refractivity (Wildman–Crippen MR) is 83.1 cm³/mol. The van der Waals surface area contributed by atoms with Gasteiger partial charge >= 0.3 is 5.97 Å². The lowest BCUT2D eigenvalue weighted by atomic mass is 9.91. The molecule has 0 heterocycles. The Morgan fingerprint density at radius 1 is 1.24 bits per heavy atom. The number of ether oxygens (including phenoxy) is 1. The monoisotopic (exact) mass is 305 g/mol.